The number of ether oxygens (including phenoxy) is 1. The molecule has 0 spiro atoms. The molecule has 0 radical (unpaired) electrons. The van der Waals surface area contributed by atoms with Crippen LogP contribution in [0.2, 0.25) is 0 Å². The minimum atomic E-state index is -0.762. The molecule has 1 aliphatic rings. The molecule has 0 unspecified atom stereocenters. The second-order valence-electron chi connectivity index (χ2n) is 10.1. The standard InChI is InChI=1S/C25H37FN6O3/c1-6-7-12-28-25(10-13-31(14-11-25)23(34)35-24(3,4)5)22(33)30-18(2)19-8-9-21(27-15-19)32-17-20(26)16-29-32/h8-9,15-18,28H,6-7,10-14H2,1-5H3,(H,30,33)/t18-/m0/s1. The number of rotatable bonds is 8. The van der Waals surface area contributed by atoms with E-state index in [9.17, 15) is 14.0 Å². The van der Waals surface area contributed by atoms with Crippen LogP contribution in [0.3, 0.4) is 0 Å². The van der Waals surface area contributed by atoms with E-state index in [1.165, 1.54) is 10.9 Å². The summed E-state index contributed by atoms with van der Waals surface area (Å²) in [5, 5.41) is 10.5. The lowest BCUT2D eigenvalue weighted by molar-refractivity contribution is -0.130. The molecule has 0 bridgehead atoms. The molecular weight excluding hydrogens is 451 g/mol. The van der Waals surface area contributed by atoms with Crippen molar-refractivity contribution in [2.75, 3.05) is 19.6 Å². The van der Waals surface area contributed by atoms with Crippen LogP contribution in [0, 0.1) is 5.82 Å². The van der Waals surface area contributed by atoms with E-state index in [1.54, 1.807) is 17.2 Å². The van der Waals surface area contributed by atoms with E-state index in [-0.39, 0.29) is 18.0 Å². The predicted molar refractivity (Wildman–Crippen MR) is 131 cm³/mol. The normalized spacial score (nSPS) is 16.6. The van der Waals surface area contributed by atoms with Crippen molar-refractivity contribution in [2.45, 2.75) is 77.5 Å². The smallest absolute Gasteiger partial charge is 0.410 e. The van der Waals surface area contributed by atoms with Crippen molar-refractivity contribution in [3.05, 3.63) is 42.1 Å². The molecule has 9 nitrogen and oxygen atoms in total. The first-order valence-electron chi connectivity index (χ1n) is 12.2. The Morgan fingerprint density at radius 2 is 1.94 bits per heavy atom. The van der Waals surface area contributed by atoms with Crippen LogP contribution >= 0.6 is 0 Å². The molecule has 192 valence electrons. The van der Waals surface area contributed by atoms with E-state index in [0.717, 1.165) is 31.1 Å². The van der Waals surface area contributed by atoms with Gasteiger partial charge in [0.05, 0.1) is 18.4 Å². The zero-order chi connectivity index (χ0) is 25.6. The third-order valence-electron chi connectivity index (χ3n) is 6.10. The highest BCUT2D eigenvalue weighted by atomic mass is 19.1. The van der Waals surface area contributed by atoms with Gasteiger partial charge < -0.3 is 20.3 Å². The minimum absolute atomic E-state index is 0.0943. The molecule has 1 aliphatic heterocycles. The summed E-state index contributed by atoms with van der Waals surface area (Å²) in [5.41, 5.74) is -0.501. The molecule has 1 fully saturated rings. The first-order valence-corrected chi connectivity index (χ1v) is 12.2. The molecule has 35 heavy (non-hydrogen) atoms. The molecule has 10 heteroatoms. The number of nitrogens with zero attached hydrogens (tertiary/aromatic N) is 4. The maximum atomic E-state index is 13.5. The number of piperidine rings is 1. The largest absolute Gasteiger partial charge is 0.444 e. The quantitative estimate of drug-likeness (QED) is 0.549. The van der Waals surface area contributed by atoms with Crippen molar-refractivity contribution >= 4 is 12.0 Å². The molecule has 0 aromatic carbocycles. The number of hydrogen-bond donors (Lipinski definition) is 2. The fraction of sp³-hybridized carbons (Fsp3) is 0.600. The van der Waals surface area contributed by atoms with E-state index in [0.29, 0.717) is 31.7 Å². The van der Waals surface area contributed by atoms with Crippen LogP contribution in [0.25, 0.3) is 5.82 Å². The molecule has 2 amide bonds. The second kappa shape index (κ2) is 11.2. The van der Waals surface area contributed by atoms with Gasteiger partial charge in [-0.3, -0.25) is 4.79 Å². The number of aromatic nitrogens is 3. The Kier molecular flexibility index (Phi) is 8.47. The average Bonchev–Trinajstić information content (AvgIpc) is 3.25. The number of nitrogens with one attached hydrogen (secondary N) is 2. The number of halogens is 1. The van der Waals surface area contributed by atoms with Gasteiger partial charge in [0.25, 0.3) is 0 Å². The molecule has 3 rings (SSSR count). The number of carbonyl (C=O) groups is 2. The average molecular weight is 489 g/mol. The van der Waals surface area contributed by atoms with Crippen molar-refractivity contribution in [1.29, 1.82) is 0 Å². The molecule has 2 N–H and O–H groups in total. The number of hydrogen-bond acceptors (Lipinski definition) is 6. The first-order chi connectivity index (χ1) is 16.5. The van der Waals surface area contributed by atoms with Gasteiger partial charge >= 0.3 is 6.09 Å². The number of pyridine rings is 1. The van der Waals surface area contributed by atoms with Gasteiger partial charge in [0.1, 0.15) is 11.1 Å². The minimum Gasteiger partial charge on any atom is -0.444 e. The zero-order valence-electron chi connectivity index (χ0n) is 21.3. The summed E-state index contributed by atoms with van der Waals surface area (Å²) in [6.45, 7) is 11.1. The number of amides is 2. The highest BCUT2D eigenvalue weighted by Gasteiger charge is 2.43. The lowest BCUT2D eigenvalue weighted by Crippen LogP contribution is -2.63. The Balaban J connectivity index is 1.66. The SMILES string of the molecule is CCCCNC1(C(=O)N[C@@H](C)c2ccc(-n3cc(F)cn3)nc2)CCN(C(=O)OC(C)(C)C)CC1. The fourth-order valence-corrected chi connectivity index (χ4v) is 4.02. The monoisotopic (exact) mass is 488 g/mol. The van der Waals surface area contributed by atoms with Crippen molar-refractivity contribution in [1.82, 2.24) is 30.3 Å². The van der Waals surface area contributed by atoms with E-state index < -0.39 is 17.0 Å². The van der Waals surface area contributed by atoms with Crippen LogP contribution < -0.4 is 10.6 Å². The molecule has 1 atom stereocenters. The fourth-order valence-electron chi connectivity index (χ4n) is 4.02. The third kappa shape index (κ3) is 7.00. The summed E-state index contributed by atoms with van der Waals surface area (Å²) in [6, 6.07) is 3.29. The van der Waals surface area contributed by atoms with E-state index in [1.807, 2.05) is 33.8 Å². The molecule has 2 aromatic rings. The molecule has 2 aromatic heterocycles. The second-order valence-corrected chi connectivity index (χ2v) is 10.1. The Bertz CT molecular complexity index is 993. The number of likely N-dealkylation sites (tertiary alicyclic amines) is 1. The summed E-state index contributed by atoms with van der Waals surface area (Å²) in [5.74, 6) is -0.0401. The maximum absolute atomic E-state index is 13.5. The highest BCUT2D eigenvalue weighted by molar-refractivity contribution is 5.87. The summed E-state index contributed by atoms with van der Waals surface area (Å²) in [6.07, 6.45) is 6.65. The Morgan fingerprint density at radius 3 is 2.49 bits per heavy atom. The van der Waals surface area contributed by atoms with Gasteiger partial charge in [-0.05, 0) is 65.1 Å². The Morgan fingerprint density at radius 1 is 1.23 bits per heavy atom. The molecule has 0 saturated carbocycles. The van der Waals surface area contributed by atoms with Crippen LogP contribution in [0.4, 0.5) is 9.18 Å². The van der Waals surface area contributed by atoms with Gasteiger partial charge in [-0.25, -0.2) is 18.9 Å². The molecule has 3 heterocycles. The molecule has 0 aliphatic carbocycles. The predicted octanol–water partition coefficient (Wildman–Crippen LogP) is 3.74. The third-order valence-corrected chi connectivity index (χ3v) is 6.10. The lowest BCUT2D eigenvalue weighted by atomic mass is 9.85. The number of unbranched alkanes of at least 4 members (excludes halogenated alkanes) is 1. The van der Waals surface area contributed by atoms with E-state index in [4.69, 9.17) is 4.74 Å². The number of carbonyl (C=O) groups excluding carboxylic acids is 2. The molecular formula is C25H37FN6O3. The van der Waals surface area contributed by atoms with E-state index >= 15 is 0 Å². The Labute approximate surface area is 206 Å². The van der Waals surface area contributed by atoms with Crippen molar-refractivity contribution in [3.63, 3.8) is 0 Å². The summed E-state index contributed by atoms with van der Waals surface area (Å²) < 4.78 is 20.1. The summed E-state index contributed by atoms with van der Waals surface area (Å²) >= 11 is 0. The van der Waals surface area contributed by atoms with Gasteiger partial charge in [-0.15, -0.1) is 0 Å². The summed E-state index contributed by atoms with van der Waals surface area (Å²) in [4.78, 5) is 32.0. The highest BCUT2D eigenvalue weighted by Crippen LogP contribution is 2.26. The van der Waals surface area contributed by atoms with Crippen molar-refractivity contribution in [3.8, 4) is 5.82 Å². The van der Waals surface area contributed by atoms with Crippen LogP contribution in [0.15, 0.2) is 30.7 Å². The topological polar surface area (TPSA) is 101 Å². The van der Waals surface area contributed by atoms with Gasteiger partial charge in [0, 0.05) is 19.3 Å². The Hall–Kier alpha value is -3.01. The molecule has 1 saturated heterocycles. The van der Waals surface area contributed by atoms with Crippen molar-refractivity contribution < 1.29 is 18.7 Å². The first kappa shape index (κ1) is 26.6. The van der Waals surface area contributed by atoms with Crippen LogP contribution in [0.5, 0.6) is 0 Å². The maximum Gasteiger partial charge on any atom is 0.410 e. The van der Waals surface area contributed by atoms with Crippen LogP contribution in [0.1, 0.15) is 71.9 Å². The van der Waals surface area contributed by atoms with Gasteiger partial charge in [-0.1, -0.05) is 19.4 Å². The van der Waals surface area contributed by atoms with E-state index in [2.05, 4.69) is 27.6 Å². The van der Waals surface area contributed by atoms with Crippen LogP contribution in [-0.2, 0) is 9.53 Å². The van der Waals surface area contributed by atoms with Gasteiger partial charge in [0.15, 0.2) is 11.6 Å². The lowest BCUT2D eigenvalue weighted by Gasteiger charge is -2.42. The summed E-state index contributed by atoms with van der Waals surface area (Å²) in [7, 11) is 0. The van der Waals surface area contributed by atoms with Gasteiger partial charge in [0.2, 0.25) is 5.91 Å². The van der Waals surface area contributed by atoms with Gasteiger partial charge in [-0.2, -0.15) is 5.10 Å². The zero-order valence-corrected chi connectivity index (χ0v) is 21.3. The van der Waals surface area contributed by atoms with Crippen molar-refractivity contribution in [2.24, 2.45) is 0 Å². The van der Waals surface area contributed by atoms with Crippen LogP contribution in [-0.4, -0.2) is 62.4 Å².